The highest BCUT2D eigenvalue weighted by Gasteiger charge is 2.19. The van der Waals surface area contributed by atoms with Crippen LogP contribution in [-0.4, -0.2) is 37.1 Å². The van der Waals surface area contributed by atoms with Gasteiger partial charge in [-0.25, -0.2) is 0 Å². The molecule has 0 aromatic rings. The molecule has 1 heterocycles. The fourth-order valence-electron chi connectivity index (χ4n) is 2.36. The lowest BCUT2D eigenvalue weighted by Crippen LogP contribution is -2.45. The molecule has 0 saturated carbocycles. The highest BCUT2D eigenvalue weighted by Crippen LogP contribution is 2.15. The molecule has 0 radical (unpaired) electrons. The van der Waals surface area contributed by atoms with Gasteiger partial charge in [-0.2, -0.15) is 0 Å². The summed E-state index contributed by atoms with van der Waals surface area (Å²) in [6.45, 7) is 15.2. The van der Waals surface area contributed by atoms with E-state index in [9.17, 15) is 0 Å². The summed E-state index contributed by atoms with van der Waals surface area (Å²) in [5.41, 5.74) is 1.26. The van der Waals surface area contributed by atoms with E-state index in [2.05, 4.69) is 37.6 Å². The van der Waals surface area contributed by atoms with Crippen LogP contribution in [0.2, 0.25) is 0 Å². The third kappa shape index (κ3) is 4.80. The summed E-state index contributed by atoms with van der Waals surface area (Å²) in [7, 11) is 0. The Balaban J connectivity index is 2.33. The van der Waals surface area contributed by atoms with Crippen LogP contribution in [0.25, 0.3) is 0 Å². The zero-order chi connectivity index (χ0) is 11.3. The molecule has 1 rings (SSSR count). The second-order valence-electron chi connectivity index (χ2n) is 5.07. The molecular weight excluding hydrogens is 184 g/mol. The maximum Gasteiger partial charge on any atom is 0.0197 e. The van der Waals surface area contributed by atoms with Gasteiger partial charge in [0.2, 0.25) is 0 Å². The quantitative estimate of drug-likeness (QED) is 0.700. The van der Waals surface area contributed by atoms with Crippen LogP contribution in [0, 0.1) is 5.92 Å². The molecule has 2 nitrogen and oxygen atoms in total. The number of nitrogens with one attached hydrogen (secondary N) is 1. The predicted molar refractivity (Wildman–Crippen MR) is 67.1 cm³/mol. The molecule has 0 aliphatic carbocycles. The van der Waals surface area contributed by atoms with Gasteiger partial charge in [-0.1, -0.05) is 26.0 Å². The average Bonchev–Trinajstić information content (AvgIpc) is 2.16. The molecule has 1 fully saturated rings. The van der Waals surface area contributed by atoms with Crippen LogP contribution in [0.3, 0.4) is 0 Å². The Morgan fingerprint density at radius 2 is 2.27 bits per heavy atom. The van der Waals surface area contributed by atoms with Gasteiger partial charge in [-0.15, -0.1) is 0 Å². The van der Waals surface area contributed by atoms with Gasteiger partial charge in [0.15, 0.2) is 0 Å². The average molecular weight is 210 g/mol. The van der Waals surface area contributed by atoms with Crippen molar-refractivity contribution in [3.05, 3.63) is 12.2 Å². The van der Waals surface area contributed by atoms with Crippen LogP contribution >= 0.6 is 0 Å². The monoisotopic (exact) mass is 210 g/mol. The lowest BCUT2D eigenvalue weighted by Gasteiger charge is -2.32. The van der Waals surface area contributed by atoms with E-state index in [0.717, 1.165) is 19.0 Å². The molecule has 1 aliphatic rings. The number of piperidine rings is 1. The van der Waals surface area contributed by atoms with Gasteiger partial charge in [-0.3, -0.25) is 4.90 Å². The Labute approximate surface area is 94.7 Å². The number of rotatable bonds is 5. The standard InChI is InChI=1S/C13H26N2/c1-5-15(9-11(2)3)10-13-8-12(4)6-7-14-13/h12-14H,2,5-10H2,1,3-4H3. The zero-order valence-electron chi connectivity index (χ0n) is 10.6. The predicted octanol–water partition coefficient (Wildman–Crippen LogP) is 2.27. The van der Waals surface area contributed by atoms with E-state index >= 15 is 0 Å². The SMILES string of the molecule is C=C(C)CN(CC)CC1CC(C)CCN1. The summed E-state index contributed by atoms with van der Waals surface area (Å²) < 4.78 is 0. The lowest BCUT2D eigenvalue weighted by molar-refractivity contribution is 0.224. The molecule has 0 aromatic heterocycles. The van der Waals surface area contributed by atoms with Crippen LogP contribution in [0.15, 0.2) is 12.2 Å². The number of likely N-dealkylation sites (N-methyl/N-ethyl adjacent to an activating group) is 1. The Kier molecular flexibility index (Phi) is 5.34. The van der Waals surface area contributed by atoms with Gasteiger partial charge in [0.25, 0.3) is 0 Å². The molecule has 0 amide bonds. The minimum Gasteiger partial charge on any atom is -0.313 e. The van der Waals surface area contributed by atoms with E-state index in [1.807, 2.05) is 0 Å². The number of hydrogen-bond donors (Lipinski definition) is 1. The maximum absolute atomic E-state index is 3.99. The second-order valence-corrected chi connectivity index (χ2v) is 5.07. The normalized spacial score (nSPS) is 26.9. The second kappa shape index (κ2) is 6.29. The Hall–Kier alpha value is -0.340. The summed E-state index contributed by atoms with van der Waals surface area (Å²) in [5, 5.41) is 3.62. The van der Waals surface area contributed by atoms with E-state index in [1.165, 1.54) is 31.5 Å². The van der Waals surface area contributed by atoms with Gasteiger partial charge in [-0.05, 0) is 38.8 Å². The van der Waals surface area contributed by atoms with Crippen LogP contribution in [0.4, 0.5) is 0 Å². The zero-order valence-corrected chi connectivity index (χ0v) is 10.6. The third-order valence-electron chi connectivity index (χ3n) is 3.18. The molecule has 0 aromatic carbocycles. The number of hydrogen-bond acceptors (Lipinski definition) is 2. The molecule has 88 valence electrons. The fourth-order valence-corrected chi connectivity index (χ4v) is 2.36. The minimum absolute atomic E-state index is 0.688. The Morgan fingerprint density at radius 3 is 2.80 bits per heavy atom. The van der Waals surface area contributed by atoms with Crippen molar-refractivity contribution in [1.82, 2.24) is 10.2 Å². The smallest absolute Gasteiger partial charge is 0.0197 e. The first-order chi connectivity index (χ1) is 7.11. The first-order valence-electron chi connectivity index (χ1n) is 6.22. The Bertz CT molecular complexity index is 201. The summed E-state index contributed by atoms with van der Waals surface area (Å²) in [5.74, 6) is 0.889. The largest absolute Gasteiger partial charge is 0.313 e. The first-order valence-corrected chi connectivity index (χ1v) is 6.22. The van der Waals surface area contributed by atoms with E-state index in [1.54, 1.807) is 0 Å². The number of nitrogens with zero attached hydrogens (tertiary/aromatic N) is 1. The minimum atomic E-state index is 0.688. The van der Waals surface area contributed by atoms with Crippen molar-refractivity contribution in [2.45, 2.75) is 39.7 Å². The summed E-state index contributed by atoms with van der Waals surface area (Å²) >= 11 is 0. The van der Waals surface area contributed by atoms with Gasteiger partial charge in [0, 0.05) is 19.1 Å². The molecule has 0 bridgehead atoms. The maximum atomic E-state index is 3.99. The van der Waals surface area contributed by atoms with Gasteiger partial charge in [0.1, 0.15) is 0 Å². The van der Waals surface area contributed by atoms with E-state index in [-0.39, 0.29) is 0 Å². The van der Waals surface area contributed by atoms with Gasteiger partial charge < -0.3 is 5.32 Å². The van der Waals surface area contributed by atoms with Crippen LogP contribution in [0.5, 0.6) is 0 Å². The third-order valence-corrected chi connectivity index (χ3v) is 3.18. The van der Waals surface area contributed by atoms with Crippen molar-refractivity contribution in [3.8, 4) is 0 Å². The van der Waals surface area contributed by atoms with Crippen molar-refractivity contribution < 1.29 is 0 Å². The van der Waals surface area contributed by atoms with Crippen molar-refractivity contribution in [2.75, 3.05) is 26.2 Å². The van der Waals surface area contributed by atoms with Gasteiger partial charge >= 0.3 is 0 Å². The highest BCUT2D eigenvalue weighted by molar-refractivity contribution is 4.92. The van der Waals surface area contributed by atoms with Crippen molar-refractivity contribution in [3.63, 3.8) is 0 Å². The molecule has 15 heavy (non-hydrogen) atoms. The molecule has 1 N–H and O–H groups in total. The van der Waals surface area contributed by atoms with Crippen molar-refractivity contribution in [1.29, 1.82) is 0 Å². The molecule has 1 saturated heterocycles. The lowest BCUT2D eigenvalue weighted by atomic mass is 9.94. The van der Waals surface area contributed by atoms with Gasteiger partial charge in [0.05, 0.1) is 0 Å². The van der Waals surface area contributed by atoms with E-state index in [0.29, 0.717) is 6.04 Å². The summed E-state index contributed by atoms with van der Waals surface area (Å²) in [6, 6.07) is 0.688. The fraction of sp³-hybridized carbons (Fsp3) is 0.846. The van der Waals surface area contributed by atoms with E-state index in [4.69, 9.17) is 0 Å². The molecule has 1 aliphatic heterocycles. The summed E-state index contributed by atoms with van der Waals surface area (Å²) in [4.78, 5) is 2.48. The van der Waals surface area contributed by atoms with E-state index < -0.39 is 0 Å². The van der Waals surface area contributed by atoms with Crippen LogP contribution in [-0.2, 0) is 0 Å². The molecule has 2 atom stereocenters. The first kappa shape index (κ1) is 12.7. The topological polar surface area (TPSA) is 15.3 Å². The van der Waals surface area contributed by atoms with Crippen molar-refractivity contribution in [2.24, 2.45) is 5.92 Å². The summed E-state index contributed by atoms with van der Waals surface area (Å²) in [6.07, 6.45) is 2.66. The van der Waals surface area contributed by atoms with Crippen molar-refractivity contribution >= 4 is 0 Å². The molecule has 2 heteroatoms. The molecule has 0 spiro atoms. The highest BCUT2D eigenvalue weighted by atomic mass is 15.1. The Morgan fingerprint density at radius 1 is 1.53 bits per heavy atom. The van der Waals surface area contributed by atoms with Crippen LogP contribution < -0.4 is 5.32 Å². The van der Waals surface area contributed by atoms with Crippen LogP contribution in [0.1, 0.15) is 33.6 Å². The molecular formula is C13H26N2. The molecule has 2 unspecified atom stereocenters.